The number of likely N-dealkylation sites (tertiary alicyclic amines) is 1. The molecule has 9 nitrogen and oxygen atoms in total. The molecule has 0 aliphatic carbocycles. The molecular formula is C17H23N5O4S. The van der Waals surface area contributed by atoms with E-state index < -0.39 is 10.0 Å². The molecule has 0 bridgehead atoms. The molecule has 1 fully saturated rings. The van der Waals surface area contributed by atoms with E-state index in [1.54, 1.807) is 23.1 Å². The Bertz CT molecular complexity index is 861. The van der Waals surface area contributed by atoms with E-state index in [1.807, 2.05) is 13.0 Å². The maximum atomic E-state index is 12.5. The average Bonchev–Trinajstić information content (AvgIpc) is 3.17. The number of hydrogen-bond acceptors (Lipinski definition) is 6. The maximum Gasteiger partial charge on any atom is 0.321 e. The Morgan fingerprint density at radius 3 is 2.78 bits per heavy atom. The lowest BCUT2D eigenvalue weighted by atomic mass is 10.1. The molecule has 3 rings (SSSR count). The summed E-state index contributed by atoms with van der Waals surface area (Å²) in [5, 5.41) is 10.4. The molecule has 1 aliphatic rings. The first-order valence-electron chi connectivity index (χ1n) is 8.89. The van der Waals surface area contributed by atoms with Gasteiger partial charge in [0.2, 0.25) is 22.3 Å². The second-order valence-electron chi connectivity index (χ2n) is 6.45. The van der Waals surface area contributed by atoms with E-state index in [1.165, 1.54) is 6.39 Å². The highest BCUT2D eigenvalue weighted by molar-refractivity contribution is 7.89. The number of hydrogen-bond donors (Lipinski definition) is 2. The predicted molar refractivity (Wildman–Crippen MR) is 101 cm³/mol. The van der Waals surface area contributed by atoms with E-state index in [4.69, 9.17) is 4.42 Å². The Morgan fingerprint density at radius 2 is 2.11 bits per heavy atom. The van der Waals surface area contributed by atoms with E-state index in [0.29, 0.717) is 49.5 Å². The highest BCUT2D eigenvalue weighted by Gasteiger charge is 2.25. The molecule has 1 aliphatic heterocycles. The van der Waals surface area contributed by atoms with Crippen molar-refractivity contribution >= 4 is 21.7 Å². The van der Waals surface area contributed by atoms with E-state index in [2.05, 4.69) is 20.2 Å². The molecule has 0 radical (unpaired) electrons. The second-order valence-corrected chi connectivity index (χ2v) is 8.33. The van der Waals surface area contributed by atoms with Crippen molar-refractivity contribution in [1.29, 1.82) is 0 Å². The zero-order chi connectivity index (χ0) is 19.3. The molecule has 2 aromatic rings. The number of carbonyl (C=O) groups is 1. The summed E-state index contributed by atoms with van der Waals surface area (Å²) in [5.74, 6) is 0.510. The fourth-order valence-electron chi connectivity index (χ4n) is 3.01. The quantitative estimate of drug-likeness (QED) is 0.776. The largest absolute Gasteiger partial charge is 0.423 e. The highest BCUT2D eigenvalue weighted by atomic mass is 32.2. The van der Waals surface area contributed by atoms with Gasteiger partial charge in [0.1, 0.15) is 0 Å². The summed E-state index contributed by atoms with van der Waals surface area (Å²) < 4.78 is 31.6. The first-order valence-corrected chi connectivity index (χ1v) is 10.5. The minimum atomic E-state index is -3.23. The third-order valence-electron chi connectivity index (χ3n) is 4.32. The first kappa shape index (κ1) is 19.3. The molecule has 1 aromatic carbocycles. The van der Waals surface area contributed by atoms with Gasteiger partial charge in [-0.25, -0.2) is 17.9 Å². The van der Waals surface area contributed by atoms with Crippen molar-refractivity contribution in [2.24, 2.45) is 0 Å². The summed E-state index contributed by atoms with van der Waals surface area (Å²) in [7, 11) is -3.23. The first-order chi connectivity index (χ1) is 13.0. The summed E-state index contributed by atoms with van der Waals surface area (Å²) in [4.78, 5) is 14.2. The van der Waals surface area contributed by atoms with Crippen molar-refractivity contribution in [3.63, 3.8) is 0 Å². The van der Waals surface area contributed by atoms with Gasteiger partial charge >= 0.3 is 6.03 Å². The monoisotopic (exact) mass is 393 g/mol. The topological polar surface area (TPSA) is 117 Å². The third-order valence-corrected chi connectivity index (χ3v) is 5.96. The van der Waals surface area contributed by atoms with Gasteiger partial charge in [0.25, 0.3) is 0 Å². The van der Waals surface area contributed by atoms with Gasteiger partial charge in [-0.3, -0.25) is 0 Å². The molecule has 0 spiro atoms. The molecule has 2 N–H and O–H groups in total. The SMILES string of the molecule is CCCS(=O)(=O)NC1CCN(C(=O)Nc2cccc(-c3nnco3)c2)CC1. The van der Waals surface area contributed by atoms with Crippen LogP contribution in [0.25, 0.3) is 11.5 Å². The molecule has 10 heteroatoms. The second kappa shape index (κ2) is 8.49. The van der Waals surface area contributed by atoms with E-state index in [9.17, 15) is 13.2 Å². The highest BCUT2D eigenvalue weighted by Crippen LogP contribution is 2.21. The smallest absolute Gasteiger partial charge is 0.321 e. The molecule has 1 saturated heterocycles. The van der Waals surface area contributed by atoms with Gasteiger partial charge < -0.3 is 14.6 Å². The van der Waals surface area contributed by atoms with Crippen LogP contribution in [0.1, 0.15) is 26.2 Å². The van der Waals surface area contributed by atoms with Crippen LogP contribution >= 0.6 is 0 Å². The van der Waals surface area contributed by atoms with Gasteiger partial charge in [0, 0.05) is 30.4 Å². The van der Waals surface area contributed by atoms with Crippen LogP contribution in [-0.2, 0) is 10.0 Å². The fraction of sp³-hybridized carbons (Fsp3) is 0.471. The van der Waals surface area contributed by atoms with Crippen LogP contribution in [0.3, 0.4) is 0 Å². The molecule has 0 atom stereocenters. The van der Waals surface area contributed by atoms with Crippen molar-refractivity contribution in [3.05, 3.63) is 30.7 Å². The molecular weight excluding hydrogens is 370 g/mol. The Labute approximate surface area is 158 Å². The normalized spacial score (nSPS) is 15.7. The zero-order valence-corrected chi connectivity index (χ0v) is 15.9. The molecule has 146 valence electrons. The lowest BCUT2D eigenvalue weighted by Crippen LogP contribution is -2.48. The van der Waals surface area contributed by atoms with E-state index >= 15 is 0 Å². The number of urea groups is 1. The van der Waals surface area contributed by atoms with Gasteiger partial charge in [0.05, 0.1) is 5.75 Å². The van der Waals surface area contributed by atoms with Gasteiger partial charge in [0.15, 0.2) is 0 Å². The van der Waals surface area contributed by atoms with Gasteiger partial charge in [-0.1, -0.05) is 13.0 Å². The molecule has 0 saturated carbocycles. The number of rotatable bonds is 6. The van der Waals surface area contributed by atoms with Crippen LogP contribution < -0.4 is 10.0 Å². The van der Waals surface area contributed by atoms with Crippen molar-refractivity contribution in [1.82, 2.24) is 19.8 Å². The molecule has 0 unspecified atom stereocenters. The van der Waals surface area contributed by atoms with E-state index in [0.717, 1.165) is 0 Å². The number of carbonyl (C=O) groups excluding carboxylic acids is 1. The molecule has 1 aromatic heterocycles. The van der Waals surface area contributed by atoms with Crippen molar-refractivity contribution < 1.29 is 17.6 Å². The maximum absolute atomic E-state index is 12.5. The van der Waals surface area contributed by atoms with Crippen LogP contribution in [0.4, 0.5) is 10.5 Å². The number of benzene rings is 1. The van der Waals surface area contributed by atoms with Gasteiger partial charge in [-0.05, 0) is 37.5 Å². The minimum Gasteiger partial charge on any atom is -0.423 e. The zero-order valence-electron chi connectivity index (χ0n) is 15.1. The number of sulfonamides is 1. The van der Waals surface area contributed by atoms with E-state index in [-0.39, 0.29) is 17.8 Å². The van der Waals surface area contributed by atoms with Crippen LogP contribution in [-0.4, -0.2) is 54.4 Å². The number of piperidine rings is 1. The van der Waals surface area contributed by atoms with Gasteiger partial charge in [-0.15, -0.1) is 10.2 Å². The summed E-state index contributed by atoms with van der Waals surface area (Å²) in [5.41, 5.74) is 1.34. The average molecular weight is 393 g/mol. The Balaban J connectivity index is 1.54. The van der Waals surface area contributed by atoms with Crippen molar-refractivity contribution in [2.75, 3.05) is 24.2 Å². The summed E-state index contributed by atoms with van der Waals surface area (Å²) in [6.45, 7) is 2.82. The summed E-state index contributed by atoms with van der Waals surface area (Å²) >= 11 is 0. The fourth-order valence-corrected chi connectivity index (χ4v) is 4.41. The number of nitrogens with one attached hydrogen (secondary N) is 2. The molecule has 27 heavy (non-hydrogen) atoms. The number of anilines is 1. The Morgan fingerprint density at radius 1 is 1.33 bits per heavy atom. The molecule has 2 heterocycles. The summed E-state index contributed by atoms with van der Waals surface area (Å²) in [6.07, 6.45) is 3.02. The van der Waals surface area contributed by atoms with Crippen molar-refractivity contribution in [2.45, 2.75) is 32.2 Å². The van der Waals surface area contributed by atoms with Crippen LogP contribution in [0.2, 0.25) is 0 Å². The van der Waals surface area contributed by atoms with Crippen LogP contribution in [0.15, 0.2) is 35.1 Å². The molecule has 2 amide bonds. The third kappa shape index (κ3) is 5.27. The van der Waals surface area contributed by atoms with Crippen LogP contribution in [0.5, 0.6) is 0 Å². The predicted octanol–water partition coefficient (Wildman–Crippen LogP) is 2.06. The van der Waals surface area contributed by atoms with Crippen LogP contribution in [0, 0.1) is 0 Å². The number of nitrogens with zero attached hydrogens (tertiary/aromatic N) is 3. The Hall–Kier alpha value is -2.46. The minimum absolute atomic E-state index is 0.119. The number of aromatic nitrogens is 2. The standard InChI is InChI=1S/C17H23N5O4S/c1-2-10-27(24,25)21-14-6-8-22(9-7-14)17(23)19-15-5-3-4-13(11-15)16-20-18-12-26-16/h3-5,11-12,14,21H,2,6-10H2,1H3,(H,19,23). The number of amides is 2. The van der Waals surface area contributed by atoms with Gasteiger partial charge in [-0.2, -0.15) is 0 Å². The summed E-state index contributed by atoms with van der Waals surface area (Å²) in [6, 6.07) is 6.82. The lowest BCUT2D eigenvalue weighted by Gasteiger charge is -2.32. The lowest BCUT2D eigenvalue weighted by molar-refractivity contribution is 0.193. The Kier molecular flexibility index (Phi) is 6.07. The van der Waals surface area contributed by atoms with Crippen molar-refractivity contribution in [3.8, 4) is 11.5 Å².